The second-order valence-electron chi connectivity index (χ2n) is 4.14. The highest BCUT2D eigenvalue weighted by Crippen LogP contribution is 1.95. The standard InChI is InChI=1S/C11H19N3O6/c1-3-4-12-8(15)6-14(2)11(20)13-7(10(18)19)5-9(16)17/h7H,3-6H2,1-2H3,(H,12,15)(H,13,20)(H,16,17)(H,18,19). The monoisotopic (exact) mass is 289 g/mol. The quantitative estimate of drug-likeness (QED) is 0.456. The van der Waals surface area contributed by atoms with Gasteiger partial charge in [0, 0.05) is 13.6 Å². The molecule has 0 aliphatic rings. The van der Waals surface area contributed by atoms with E-state index in [-0.39, 0.29) is 12.5 Å². The fourth-order valence-electron chi connectivity index (χ4n) is 1.24. The minimum Gasteiger partial charge on any atom is -0.481 e. The van der Waals surface area contributed by atoms with E-state index < -0.39 is 30.4 Å². The zero-order valence-corrected chi connectivity index (χ0v) is 11.4. The van der Waals surface area contributed by atoms with Gasteiger partial charge in [-0.25, -0.2) is 9.59 Å². The van der Waals surface area contributed by atoms with E-state index >= 15 is 0 Å². The summed E-state index contributed by atoms with van der Waals surface area (Å²) in [5.74, 6) is -3.18. The molecule has 1 atom stereocenters. The average molecular weight is 289 g/mol. The fourth-order valence-corrected chi connectivity index (χ4v) is 1.24. The Morgan fingerprint density at radius 2 is 1.80 bits per heavy atom. The lowest BCUT2D eigenvalue weighted by molar-refractivity contribution is -0.145. The number of nitrogens with one attached hydrogen (secondary N) is 2. The number of hydrogen-bond acceptors (Lipinski definition) is 4. The molecule has 0 spiro atoms. The summed E-state index contributed by atoms with van der Waals surface area (Å²) in [5.41, 5.74) is 0. The first kappa shape index (κ1) is 17.7. The normalized spacial score (nSPS) is 11.3. The summed E-state index contributed by atoms with van der Waals surface area (Å²) in [4.78, 5) is 45.2. The molecule has 9 nitrogen and oxygen atoms in total. The maximum Gasteiger partial charge on any atom is 0.326 e. The van der Waals surface area contributed by atoms with Gasteiger partial charge in [-0.1, -0.05) is 6.92 Å². The van der Waals surface area contributed by atoms with Gasteiger partial charge in [-0.15, -0.1) is 0 Å². The van der Waals surface area contributed by atoms with Crippen molar-refractivity contribution in [3.63, 3.8) is 0 Å². The molecule has 0 heterocycles. The van der Waals surface area contributed by atoms with Crippen LogP contribution in [-0.2, 0) is 14.4 Å². The molecule has 0 saturated heterocycles. The van der Waals surface area contributed by atoms with E-state index in [2.05, 4.69) is 5.32 Å². The van der Waals surface area contributed by atoms with E-state index in [0.717, 1.165) is 11.3 Å². The van der Waals surface area contributed by atoms with Crippen molar-refractivity contribution in [2.75, 3.05) is 20.1 Å². The zero-order valence-electron chi connectivity index (χ0n) is 11.4. The third-order valence-electron chi connectivity index (χ3n) is 2.27. The molecule has 114 valence electrons. The highest BCUT2D eigenvalue weighted by atomic mass is 16.4. The summed E-state index contributed by atoms with van der Waals surface area (Å²) in [6, 6.07) is -2.37. The second-order valence-corrected chi connectivity index (χ2v) is 4.14. The van der Waals surface area contributed by atoms with Gasteiger partial charge in [0.2, 0.25) is 5.91 Å². The number of hydrogen-bond donors (Lipinski definition) is 4. The van der Waals surface area contributed by atoms with Crippen LogP contribution in [0, 0.1) is 0 Å². The molecule has 0 saturated carbocycles. The van der Waals surface area contributed by atoms with Gasteiger partial charge in [-0.2, -0.15) is 0 Å². The number of carbonyl (C=O) groups excluding carboxylic acids is 2. The second kappa shape index (κ2) is 8.73. The van der Waals surface area contributed by atoms with E-state index in [0.29, 0.717) is 6.54 Å². The number of likely N-dealkylation sites (N-methyl/N-ethyl adjacent to an activating group) is 1. The summed E-state index contributed by atoms with van der Waals surface area (Å²) in [6.45, 7) is 2.11. The topological polar surface area (TPSA) is 136 Å². The van der Waals surface area contributed by atoms with Crippen LogP contribution in [0.15, 0.2) is 0 Å². The number of rotatable bonds is 8. The minimum absolute atomic E-state index is 0.245. The Morgan fingerprint density at radius 3 is 2.25 bits per heavy atom. The van der Waals surface area contributed by atoms with Crippen molar-refractivity contribution >= 4 is 23.9 Å². The molecular weight excluding hydrogens is 270 g/mol. The third-order valence-corrected chi connectivity index (χ3v) is 2.27. The molecule has 4 N–H and O–H groups in total. The molecule has 0 aromatic heterocycles. The maximum atomic E-state index is 11.6. The zero-order chi connectivity index (χ0) is 15.7. The molecule has 9 heteroatoms. The first-order valence-corrected chi connectivity index (χ1v) is 6.00. The first-order chi connectivity index (χ1) is 9.27. The molecule has 0 aromatic rings. The van der Waals surface area contributed by atoms with Crippen molar-refractivity contribution in [3.8, 4) is 0 Å². The lowest BCUT2D eigenvalue weighted by atomic mass is 10.2. The Hall–Kier alpha value is -2.32. The highest BCUT2D eigenvalue weighted by Gasteiger charge is 2.24. The summed E-state index contributed by atoms with van der Waals surface area (Å²) in [6.07, 6.45) is 0.0122. The van der Waals surface area contributed by atoms with Crippen LogP contribution in [0.25, 0.3) is 0 Å². The van der Waals surface area contributed by atoms with Crippen LogP contribution in [0.2, 0.25) is 0 Å². The number of carboxylic acids is 2. The van der Waals surface area contributed by atoms with Gasteiger partial charge < -0.3 is 25.7 Å². The minimum atomic E-state index is -1.54. The molecule has 0 radical (unpaired) electrons. The molecule has 0 bridgehead atoms. The summed E-state index contributed by atoms with van der Waals surface area (Å²) >= 11 is 0. The highest BCUT2D eigenvalue weighted by molar-refractivity contribution is 5.88. The van der Waals surface area contributed by atoms with Crippen LogP contribution < -0.4 is 10.6 Å². The van der Waals surface area contributed by atoms with Gasteiger partial charge in [-0.05, 0) is 6.42 Å². The fraction of sp³-hybridized carbons (Fsp3) is 0.636. The number of urea groups is 1. The van der Waals surface area contributed by atoms with Crippen LogP contribution in [0.1, 0.15) is 19.8 Å². The van der Waals surface area contributed by atoms with E-state index in [9.17, 15) is 19.2 Å². The summed E-state index contributed by atoms with van der Waals surface area (Å²) in [5, 5.41) is 21.9. The van der Waals surface area contributed by atoms with Crippen LogP contribution in [-0.4, -0.2) is 65.2 Å². The van der Waals surface area contributed by atoms with Crippen molar-refractivity contribution in [1.82, 2.24) is 15.5 Å². The van der Waals surface area contributed by atoms with Crippen molar-refractivity contribution in [2.45, 2.75) is 25.8 Å². The molecule has 20 heavy (non-hydrogen) atoms. The number of aliphatic carboxylic acids is 2. The number of amides is 3. The van der Waals surface area contributed by atoms with Gasteiger partial charge in [0.1, 0.15) is 12.6 Å². The van der Waals surface area contributed by atoms with Crippen LogP contribution in [0.5, 0.6) is 0 Å². The number of carboxylic acid groups (broad SMARTS) is 2. The van der Waals surface area contributed by atoms with Gasteiger partial charge in [0.05, 0.1) is 6.42 Å². The Kier molecular flexibility index (Phi) is 7.71. The van der Waals surface area contributed by atoms with Gasteiger partial charge in [0.15, 0.2) is 0 Å². The molecule has 0 rings (SSSR count). The molecule has 3 amide bonds. The van der Waals surface area contributed by atoms with Gasteiger partial charge >= 0.3 is 18.0 Å². The number of carbonyl (C=O) groups is 4. The van der Waals surface area contributed by atoms with E-state index in [1.807, 2.05) is 12.2 Å². The van der Waals surface area contributed by atoms with E-state index in [1.54, 1.807) is 0 Å². The van der Waals surface area contributed by atoms with Crippen LogP contribution in [0.4, 0.5) is 4.79 Å². The Balaban J connectivity index is 4.38. The summed E-state index contributed by atoms with van der Waals surface area (Å²) < 4.78 is 0. The Bertz CT molecular complexity index is 384. The Labute approximate surface area is 115 Å². The summed E-state index contributed by atoms with van der Waals surface area (Å²) in [7, 11) is 1.31. The van der Waals surface area contributed by atoms with E-state index in [4.69, 9.17) is 10.2 Å². The lowest BCUT2D eigenvalue weighted by Gasteiger charge is -2.20. The van der Waals surface area contributed by atoms with Crippen molar-refractivity contribution in [1.29, 1.82) is 0 Å². The first-order valence-electron chi connectivity index (χ1n) is 6.00. The predicted octanol–water partition coefficient (Wildman–Crippen LogP) is -0.918. The molecule has 1 unspecified atom stereocenters. The van der Waals surface area contributed by atoms with Crippen LogP contribution >= 0.6 is 0 Å². The third kappa shape index (κ3) is 7.19. The molecule has 0 aromatic carbocycles. The maximum absolute atomic E-state index is 11.6. The molecule has 0 aliphatic heterocycles. The molecular formula is C11H19N3O6. The van der Waals surface area contributed by atoms with Gasteiger partial charge in [-0.3, -0.25) is 9.59 Å². The molecule has 0 fully saturated rings. The predicted molar refractivity (Wildman–Crippen MR) is 68.1 cm³/mol. The van der Waals surface area contributed by atoms with Crippen molar-refractivity contribution < 1.29 is 29.4 Å². The lowest BCUT2D eigenvalue weighted by Crippen LogP contribution is -2.49. The molecule has 0 aliphatic carbocycles. The van der Waals surface area contributed by atoms with Crippen molar-refractivity contribution in [3.05, 3.63) is 0 Å². The van der Waals surface area contributed by atoms with Gasteiger partial charge in [0.25, 0.3) is 0 Å². The average Bonchev–Trinajstić information content (AvgIpc) is 2.34. The number of nitrogens with zero attached hydrogens (tertiary/aromatic N) is 1. The van der Waals surface area contributed by atoms with Crippen LogP contribution in [0.3, 0.4) is 0 Å². The van der Waals surface area contributed by atoms with Crippen molar-refractivity contribution in [2.24, 2.45) is 0 Å². The largest absolute Gasteiger partial charge is 0.481 e. The SMILES string of the molecule is CCCNC(=O)CN(C)C(=O)NC(CC(=O)O)C(=O)O. The van der Waals surface area contributed by atoms with E-state index in [1.165, 1.54) is 7.05 Å². The Morgan fingerprint density at radius 1 is 1.20 bits per heavy atom. The smallest absolute Gasteiger partial charge is 0.326 e.